The van der Waals surface area contributed by atoms with Crippen molar-refractivity contribution in [2.45, 2.75) is 23.9 Å². The van der Waals surface area contributed by atoms with Gasteiger partial charge < -0.3 is 5.32 Å². The fourth-order valence-electron chi connectivity index (χ4n) is 2.45. The third kappa shape index (κ3) is 5.99. The number of fused-ring (bicyclic) bond motifs is 1. The van der Waals surface area contributed by atoms with Gasteiger partial charge >= 0.3 is 6.18 Å². The molecular formula is C18H16F3N3O3S2. The average molecular weight is 443 g/mol. The second-order valence-electron chi connectivity index (χ2n) is 6.09. The molecule has 0 unspecified atom stereocenters. The molecule has 0 atom stereocenters. The first-order valence-corrected chi connectivity index (χ1v) is 10.7. The van der Waals surface area contributed by atoms with E-state index in [4.69, 9.17) is 0 Å². The highest BCUT2D eigenvalue weighted by atomic mass is 32.2. The van der Waals surface area contributed by atoms with E-state index in [2.05, 4.69) is 10.3 Å². The van der Waals surface area contributed by atoms with Crippen molar-refractivity contribution in [2.75, 3.05) is 11.9 Å². The van der Waals surface area contributed by atoms with Crippen LogP contribution in [0.15, 0.2) is 53.4 Å². The van der Waals surface area contributed by atoms with E-state index in [1.807, 2.05) is 24.3 Å². The van der Waals surface area contributed by atoms with Crippen molar-refractivity contribution < 1.29 is 26.4 Å². The molecule has 0 aliphatic rings. The molecule has 0 spiro atoms. The first-order chi connectivity index (χ1) is 13.6. The summed E-state index contributed by atoms with van der Waals surface area (Å²) in [5.74, 6) is -0.282. The fraction of sp³-hybridized carbons (Fsp3) is 0.222. The molecule has 0 aliphatic heterocycles. The topological polar surface area (TPSA) is 88.2 Å². The van der Waals surface area contributed by atoms with Crippen molar-refractivity contribution in [1.82, 2.24) is 9.71 Å². The van der Waals surface area contributed by atoms with Crippen LogP contribution < -0.4 is 10.0 Å². The van der Waals surface area contributed by atoms with E-state index in [0.29, 0.717) is 12.1 Å². The third-order valence-electron chi connectivity index (χ3n) is 3.82. The normalized spacial score (nSPS) is 12.2. The Morgan fingerprint density at radius 2 is 1.76 bits per heavy atom. The van der Waals surface area contributed by atoms with Gasteiger partial charge in [0.15, 0.2) is 0 Å². The van der Waals surface area contributed by atoms with Gasteiger partial charge in [0.05, 0.1) is 20.1 Å². The molecule has 1 heterocycles. The van der Waals surface area contributed by atoms with Gasteiger partial charge in [-0.2, -0.15) is 13.2 Å². The van der Waals surface area contributed by atoms with Gasteiger partial charge in [-0.15, -0.1) is 11.3 Å². The second-order valence-corrected chi connectivity index (χ2v) is 8.97. The second kappa shape index (κ2) is 8.47. The molecule has 3 rings (SSSR count). The summed E-state index contributed by atoms with van der Waals surface area (Å²) in [5.41, 5.74) is 1.22. The highest BCUT2D eigenvalue weighted by Gasteiger charge is 2.30. The van der Waals surface area contributed by atoms with Crippen LogP contribution in [0.5, 0.6) is 0 Å². The summed E-state index contributed by atoms with van der Waals surface area (Å²) in [6.45, 7) is -1.65. The number of halogens is 3. The number of amides is 1. The van der Waals surface area contributed by atoms with Crippen molar-refractivity contribution in [3.63, 3.8) is 0 Å². The smallest absolute Gasteiger partial charge is 0.326 e. The molecule has 1 amide bonds. The van der Waals surface area contributed by atoms with Gasteiger partial charge in [-0.25, -0.2) is 18.1 Å². The maximum Gasteiger partial charge on any atom is 0.402 e. The van der Waals surface area contributed by atoms with Crippen LogP contribution in [0.1, 0.15) is 11.4 Å². The number of nitrogens with zero attached hydrogens (tertiary/aromatic N) is 1. The molecule has 0 radical (unpaired) electrons. The zero-order chi connectivity index (χ0) is 21.1. The highest BCUT2D eigenvalue weighted by Crippen LogP contribution is 2.23. The number of thiazole rings is 1. The van der Waals surface area contributed by atoms with Crippen LogP contribution in [0.3, 0.4) is 0 Å². The average Bonchev–Trinajstić information content (AvgIpc) is 3.08. The Kier molecular flexibility index (Phi) is 6.20. The predicted molar refractivity (Wildman–Crippen MR) is 104 cm³/mol. The molecule has 0 aliphatic carbocycles. The van der Waals surface area contributed by atoms with Gasteiger partial charge in [0.25, 0.3) is 0 Å². The number of aryl methyl sites for hydroxylation is 1. The van der Waals surface area contributed by atoms with E-state index in [1.54, 1.807) is 0 Å². The van der Waals surface area contributed by atoms with E-state index < -0.39 is 22.7 Å². The Morgan fingerprint density at radius 1 is 1.07 bits per heavy atom. The molecule has 0 bridgehead atoms. The van der Waals surface area contributed by atoms with E-state index >= 15 is 0 Å². The third-order valence-corrected chi connectivity index (χ3v) is 6.33. The van der Waals surface area contributed by atoms with E-state index in [9.17, 15) is 26.4 Å². The molecule has 29 heavy (non-hydrogen) atoms. The Morgan fingerprint density at radius 3 is 2.41 bits per heavy atom. The SMILES string of the molecule is O=C(CCc1nc2ccccc2s1)Nc1ccc(S(=O)(=O)NCC(F)(F)F)cc1. The van der Waals surface area contributed by atoms with Crippen molar-refractivity contribution >= 4 is 43.2 Å². The number of sulfonamides is 1. The maximum absolute atomic E-state index is 12.2. The summed E-state index contributed by atoms with van der Waals surface area (Å²) >= 11 is 1.51. The number of nitrogens with one attached hydrogen (secondary N) is 2. The van der Waals surface area contributed by atoms with Crippen LogP contribution in [-0.2, 0) is 21.2 Å². The molecule has 0 fully saturated rings. The quantitative estimate of drug-likeness (QED) is 0.583. The van der Waals surface area contributed by atoms with Gasteiger partial charge in [0.1, 0.15) is 6.54 Å². The minimum absolute atomic E-state index is 0.188. The molecule has 2 N–H and O–H groups in total. The lowest BCUT2D eigenvalue weighted by molar-refractivity contribution is -0.121. The number of anilines is 1. The summed E-state index contributed by atoms with van der Waals surface area (Å²) in [4.78, 5) is 16.2. The molecular weight excluding hydrogens is 427 g/mol. The maximum atomic E-state index is 12.2. The minimum atomic E-state index is -4.65. The summed E-state index contributed by atoms with van der Waals surface area (Å²) in [6.07, 6.45) is -4.00. The molecule has 0 saturated heterocycles. The lowest BCUT2D eigenvalue weighted by Crippen LogP contribution is -2.33. The number of carbonyl (C=O) groups is 1. The largest absolute Gasteiger partial charge is 0.402 e. The van der Waals surface area contributed by atoms with Crippen molar-refractivity contribution in [3.05, 3.63) is 53.5 Å². The number of alkyl halides is 3. The van der Waals surface area contributed by atoms with E-state index in [0.717, 1.165) is 27.4 Å². The van der Waals surface area contributed by atoms with E-state index in [1.165, 1.54) is 28.2 Å². The standard InChI is InChI=1S/C18H16F3N3O3S2/c19-18(20,21)11-22-29(26,27)13-7-5-12(6-8-13)23-16(25)9-10-17-24-14-3-1-2-4-15(14)28-17/h1-8,22H,9-11H2,(H,23,25). The number of hydrogen-bond acceptors (Lipinski definition) is 5. The Hall–Kier alpha value is -2.50. The van der Waals surface area contributed by atoms with Crippen LogP contribution in [0.4, 0.5) is 18.9 Å². The molecule has 1 aromatic heterocycles. The number of aromatic nitrogens is 1. The summed E-state index contributed by atoms with van der Waals surface area (Å²) in [5, 5.41) is 3.46. The zero-order valence-corrected chi connectivity index (χ0v) is 16.5. The molecule has 11 heteroatoms. The number of hydrogen-bond donors (Lipinski definition) is 2. The number of para-hydroxylation sites is 1. The monoisotopic (exact) mass is 443 g/mol. The first kappa shape index (κ1) is 21.2. The Balaban J connectivity index is 1.55. The van der Waals surface area contributed by atoms with Crippen molar-refractivity contribution in [2.24, 2.45) is 0 Å². The summed E-state index contributed by atoms with van der Waals surface area (Å²) < 4.78 is 62.8. The van der Waals surface area contributed by atoms with Crippen LogP contribution in [0, 0.1) is 0 Å². The van der Waals surface area contributed by atoms with Crippen LogP contribution >= 0.6 is 11.3 Å². The molecule has 0 saturated carbocycles. The number of benzene rings is 2. The molecule has 2 aromatic carbocycles. The molecule has 154 valence electrons. The number of carbonyl (C=O) groups excluding carboxylic acids is 1. The summed E-state index contributed by atoms with van der Waals surface area (Å²) in [6, 6.07) is 12.5. The van der Waals surface area contributed by atoms with Crippen molar-refractivity contribution in [1.29, 1.82) is 0 Å². The van der Waals surface area contributed by atoms with Gasteiger partial charge in [0.2, 0.25) is 15.9 Å². The Bertz CT molecular complexity index is 1080. The van der Waals surface area contributed by atoms with Crippen LogP contribution in [0.2, 0.25) is 0 Å². The van der Waals surface area contributed by atoms with Gasteiger partial charge in [-0.3, -0.25) is 4.79 Å². The molecule has 6 nitrogen and oxygen atoms in total. The zero-order valence-electron chi connectivity index (χ0n) is 14.9. The summed E-state index contributed by atoms with van der Waals surface area (Å²) in [7, 11) is -4.29. The minimum Gasteiger partial charge on any atom is -0.326 e. The molecule has 3 aromatic rings. The van der Waals surface area contributed by atoms with Gasteiger partial charge in [-0.1, -0.05) is 12.1 Å². The highest BCUT2D eigenvalue weighted by molar-refractivity contribution is 7.89. The predicted octanol–water partition coefficient (Wildman–Crippen LogP) is 3.71. The first-order valence-electron chi connectivity index (χ1n) is 8.43. The lowest BCUT2D eigenvalue weighted by atomic mass is 10.2. The van der Waals surface area contributed by atoms with E-state index in [-0.39, 0.29) is 17.2 Å². The lowest BCUT2D eigenvalue weighted by Gasteiger charge is -2.10. The fourth-order valence-corrected chi connectivity index (χ4v) is 4.43. The van der Waals surface area contributed by atoms with Crippen LogP contribution in [0.25, 0.3) is 10.2 Å². The van der Waals surface area contributed by atoms with Gasteiger partial charge in [-0.05, 0) is 36.4 Å². The number of rotatable bonds is 7. The Labute approximate surface area is 168 Å². The van der Waals surface area contributed by atoms with Gasteiger partial charge in [0, 0.05) is 18.5 Å². The van der Waals surface area contributed by atoms with Crippen molar-refractivity contribution in [3.8, 4) is 0 Å². The van der Waals surface area contributed by atoms with Crippen LogP contribution in [-0.4, -0.2) is 32.0 Å².